The summed E-state index contributed by atoms with van der Waals surface area (Å²) in [6, 6.07) is 5.88. The molecule has 4 heteroatoms. The molecule has 1 heterocycles. The van der Waals surface area contributed by atoms with Gasteiger partial charge in [-0.2, -0.15) is 5.10 Å². The van der Waals surface area contributed by atoms with Gasteiger partial charge in [0.15, 0.2) is 0 Å². The molecule has 4 nitrogen and oxygen atoms in total. The van der Waals surface area contributed by atoms with Gasteiger partial charge in [0.05, 0.1) is 11.7 Å². The molecule has 0 spiro atoms. The standard InChI is InChI=1S/C10H11N3O.C2H6/c1-7(14)11-5-8-3-2-4-10-9(8)6-12-13-10;1-2/h2-4,6H,5H2,1H3,(H,11,14)(H,12,13);1-2H3. The van der Waals surface area contributed by atoms with Gasteiger partial charge in [0, 0.05) is 18.9 Å². The van der Waals surface area contributed by atoms with E-state index in [2.05, 4.69) is 15.5 Å². The second kappa shape index (κ2) is 5.90. The largest absolute Gasteiger partial charge is 0.352 e. The molecule has 0 fully saturated rings. The molecule has 2 aromatic rings. The second-order valence-corrected chi connectivity index (χ2v) is 3.16. The Bertz CT molecular complexity index is 462. The quantitative estimate of drug-likeness (QED) is 0.813. The Labute approximate surface area is 95.1 Å². The normalized spacial score (nSPS) is 9.44. The Morgan fingerprint density at radius 1 is 1.44 bits per heavy atom. The number of carbonyl (C=O) groups excluding carboxylic acids is 1. The molecule has 2 rings (SSSR count). The lowest BCUT2D eigenvalue weighted by Crippen LogP contribution is -2.18. The van der Waals surface area contributed by atoms with Gasteiger partial charge in [-0.25, -0.2) is 0 Å². The van der Waals surface area contributed by atoms with E-state index in [1.807, 2.05) is 32.0 Å². The lowest BCUT2D eigenvalue weighted by molar-refractivity contribution is -0.119. The van der Waals surface area contributed by atoms with Crippen LogP contribution in [0.15, 0.2) is 24.4 Å². The van der Waals surface area contributed by atoms with E-state index in [-0.39, 0.29) is 5.91 Å². The Hall–Kier alpha value is -1.84. The van der Waals surface area contributed by atoms with Crippen molar-refractivity contribution in [3.63, 3.8) is 0 Å². The van der Waals surface area contributed by atoms with Crippen molar-refractivity contribution in [2.45, 2.75) is 27.3 Å². The van der Waals surface area contributed by atoms with Crippen LogP contribution in [0.25, 0.3) is 10.9 Å². The number of fused-ring (bicyclic) bond motifs is 1. The molecule has 0 aliphatic carbocycles. The number of nitrogens with one attached hydrogen (secondary N) is 2. The second-order valence-electron chi connectivity index (χ2n) is 3.16. The number of aromatic amines is 1. The van der Waals surface area contributed by atoms with E-state index in [9.17, 15) is 4.79 Å². The minimum Gasteiger partial charge on any atom is -0.352 e. The monoisotopic (exact) mass is 219 g/mol. The first-order valence-corrected chi connectivity index (χ1v) is 5.43. The highest BCUT2D eigenvalue weighted by atomic mass is 16.1. The van der Waals surface area contributed by atoms with Crippen molar-refractivity contribution < 1.29 is 4.79 Å². The third kappa shape index (κ3) is 2.82. The van der Waals surface area contributed by atoms with E-state index in [4.69, 9.17) is 0 Å². The third-order valence-corrected chi connectivity index (χ3v) is 2.10. The van der Waals surface area contributed by atoms with Crippen LogP contribution in [0.5, 0.6) is 0 Å². The van der Waals surface area contributed by atoms with Crippen LogP contribution in [-0.4, -0.2) is 16.1 Å². The minimum absolute atomic E-state index is 0.0227. The number of rotatable bonds is 2. The van der Waals surface area contributed by atoms with E-state index >= 15 is 0 Å². The van der Waals surface area contributed by atoms with Gasteiger partial charge in [0.2, 0.25) is 5.91 Å². The van der Waals surface area contributed by atoms with Gasteiger partial charge >= 0.3 is 0 Å². The van der Waals surface area contributed by atoms with Gasteiger partial charge in [0.25, 0.3) is 0 Å². The molecule has 16 heavy (non-hydrogen) atoms. The van der Waals surface area contributed by atoms with E-state index < -0.39 is 0 Å². The van der Waals surface area contributed by atoms with Gasteiger partial charge in [0.1, 0.15) is 0 Å². The summed E-state index contributed by atoms with van der Waals surface area (Å²) >= 11 is 0. The first-order valence-electron chi connectivity index (χ1n) is 5.43. The molecule has 0 saturated carbocycles. The van der Waals surface area contributed by atoms with Crippen LogP contribution in [0.1, 0.15) is 26.3 Å². The molecule has 2 N–H and O–H groups in total. The summed E-state index contributed by atoms with van der Waals surface area (Å²) < 4.78 is 0. The molecule has 0 bridgehead atoms. The fraction of sp³-hybridized carbons (Fsp3) is 0.333. The van der Waals surface area contributed by atoms with Crippen LogP contribution in [0.2, 0.25) is 0 Å². The molecule has 1 aromatic carbocycles. The summed E-state index contributed by atoms with van der Waals surface area (Å²) in [5.41, 5.74) is 2.07. The molecule has 1 aromatic heterocycles. The highest BCUT2D eigenvalue weighted by molar-refractivity contribution is 5.82. The summed E-state index contributed by atoms with van der Waals surface area (Å²) in [6.07, 6.45) is 1.77. The lowest BCUT2D eigenvalue weighted by Gasteiger charge is -2.02. The van der Waals surface area contributed by atoms with Crippen LogP contribution >= 0.6 is 0 Å². The number of hydrogen-bond acceptors (Lipinski definition) is 2. The Morgan fingerprint density at radius 3 is 2.88 bits per heavy atom. The zero-order valence-corrected chi connectivity index (χ0v) is 9.87. The maximum Gasteiger partial charge on any atom is 0.217 e. The van der Waals surface area contributed by atoms with Gasteiger partial charge in [-0.1, -0.05) is 26.0 Å². The molecule has 0 radical (unpaired) electrons. The van der Waals surface area contributed by atoms with Crippen LogP contribution in [0.4, 0.5) is 0 Å². The van der Waals surface area contributed by atoms with Crippen molar-refractivity contribution in [3.8, 4) is 0 Å². The third-order valence-electron chi connectivity index (χ3n) is 2.10. The summed E-state index contributed by atoms with van der Waals surface area (Å²) in [6.45, 7) is 6.06. The fourth-order valence-electron chi connectivity index (χ4n) is 1.40. The molecule has 1 amide bonds. The number of benzene rings is 1. The average molecular weight is 219 g/mol. The number of H-pyrrole nitrogens is 1. The Kier molecular flexibility index (Phi) is 4.51. The molecular formula is C12H17N3O. The smallest absolute Gasteiger partial charge is 0.217 e. The van der Waals surface area contributed by atoms with E-state index in [1.54, 1.807) is 6.20 Å². The van der Waals surface area contributed by atoms with E-state index in [0.29, 0.717) is 6.54 Å². The Morgan fingerprint density at radius 2 is 2.19 bits per heavy atom. The van der Waals surface area contributed by atoms with Gasteiger partial charge in [-0.15, -0.1) is 0 Å². The zero-order valence-electron chi connectivity index (χ0n) is 9.87. The summed E-state index contributed by atoms with van der Waals surface area (Å²) in [7, 11) is 0. The van der Waals surface area contributed by atoms with Crippen LogP contribution in [-0.2, 0) is 11.3 Å². The predicted octanol–water partition coefficient (Wildman–Crippen LogP) is 2.23. The van der Waals surface area contributed by atoms with E-state index in [0.717, 1.165) is 16.5 Å². The van der Waals surface area contributed by atoms with Gasteiger partial charge in [-0.3, -0.25) is 9.89 Å². The molecule has 0 aliphatic heterocycles. The highest BCUT2D eigenvalue weighted by Gasteiger charge is 2.02. The average Bonchev–Trinajstić information content (AvgIpc) is 2.77. The van der Waals surface area contributed by atoms with E-state index in [1.165, 1.54) is 6.92 Å². The van der Waals surface area contributed by atoms with Crippen LogP contribution < -0.4 is 5.32 Å². The predicted molar refractivity (Wildman–Crippen MR) is 65.0 cm³/mol. The maximum absolute atomic E-state index is 10.8. The van der Waals surface area contributed by atoms with Crippen LogP contribution in [0.3, 0.4) is 0 Å². The topological polar surface area (TPSA) is 57.8 Å². The van der Waals surface area contributed by atoms with Crippen molar-refractivity contribution in [1.82, 2.24) is 15.5 Å². The lowest BCUT2D eigenvalue weighted by atomic mass is 10.1. The molecule has 0 unspecified atom stereocenters. The first kappa shape index (κ1) is 12.2. The summed E-state index contributed by atoms with van der Waals surface area (Å²) in [5.74, 6) is -0.0227. The SMILES string of the molecule is CC.CC(=O)NCc1cccc2[nH]ncc12. The number of carbonyl (C=O) groups is 1. The molecular weight excluding hydrogens is 202 g/mol. The minimum atomic E-state index is -0.0227. The number of nitrogens with zero attached hydrogens (tertiary/aromatic N) is 1. The zero-order chi connectivity index (χ0) is 12.0. The maximum atomic E-state index is 10.8. The number of aromatic nitrogens is 2. The molecule has 0 aliphatic rings. The van der Waals surface area contributed by atoms with Crippen LogP contribution in [0, 0.1) is 0 Å². The summed E-state index contributed by atoms with van der Waals surface area (Å²) in [4.78, 5) is 10.8. The molecule has 86 valence electrons. The first-order chi connectivity index (χ1) is 7.77. The van der Waals surface area contributed by atoms with Crippen molar-refractivity contribution in [3.05, 3.63) is 30.0 Å². The van der Waals surface area contributed by atoms with Crippen molar-refractivity contribution in [2.24, 2.45) is 0 Å². The number of hydrogen-bond donors (Lipinski definition) is 2. The van der Waals surface area contributed by atoms with Gasteiger partial charge in [-0.05, 0) is 11.6 Å². The van der Waals surface area contributed by atoms with Crippen molar-refractivity contribution in [2.75, 3.05) is 0 Å². The van der Waals surface area contributed by atoms with Crippen molar-refractivity contribution >= 4 is 16.8 Å². The van der Waals surface area contributed by atoms with Gasteiger partial charge < -0.3 is 5.32 Å². The Balaban J connectivity index is 0.000000606. The molecule has 0 atom stereocenters. The molecule has 0 saturated heterocycles. The summed E-state index contributed by atoms with van der Waals surface area (Å²) in [5, 5.41) is 10.7. The van der Waals surface area contributed by atoms with Crippen molar-refractivity contribution in [1.29, 1.82) is 0 Å². The number of amides is 1. The highest BCUT2D eigenvalue weighted by Crippen LogP contribution is 2.15. The fourth-order valence-corrected chi connectivity index (χ4v) is 1.40.